The molecule has 7 nitrogen and oxygen atoms in total. The Kier molecular flexibility index (Phi) is 4.00. The van der Waals surface area contributed by atoms with E-state index in [1.165, 1.54) is 5.57 Å². The Morgan fingerprint density at radius 3 is 3.04 bits per heavy atom. The monoisotopic (exact) mass is 381 g/mol. The molecular formula is C21H27N5O2. The normalized spacial score (nSPS) is 30.7. The third-order valence-corrected chi connectivity index (χ3v) is 6.43. The Labute approximate surface area is 164 Å². The summed E-state index contributed by atoms with van der Waals surface area (Å²) >= 11 is 0. The molecule has 2 heterocycles. The van der Waals surface area contributed by atoms with Crippen LogP contribution in [0.25, 0.3) is 11.0 Å². The van der Waals surface area contributed by atoms with Gasteiger partial charge in [-0.2, -0.15) is 0 Å². The number of carbonyl (C=O) groups excluding carboxylic acids is 1. The second-order valence-corrected chi connectivity index (χ2v) is 8.96. The Balaban J connectivity index is 1.50. The molecule has 2 aromatic heterocycles. The highest BCUT2D eigenvalue weighted by molar-refractivity contribution is 6.06. The third-order valence-electron chi connectivity index (χ3n) is 6.43. The highest BCUT2D eigenvalue weighted by Gasteiger charge is 2.51. The number of aliphatic hydroxyl groups is 1. The summed E-state index contributed by atoms with van der Waals surface area (Å²) in [6.45, 7) is 0.468. The van der Waals surface area contributed by atoms with Crippen LogP contribution in [0.5, 0.6) is 0 Å². The van der Waals surface area contributed by atoms with E-state index in [4.69, 9.17) is 0 Å². The molecule has 2 saturated carbocycles. The van der Waals surface area contributed by atoms with E-state index >= 15 is 0 Å². The fourth-order valence-electron chi connectivity index (χ4n) is 5.42. The maximum atomic E-state index is 12.9. The quantitative estimate of drug-likeness (QED) is 0.470. The molecule has 148 valence electrons. The van der Waals surface area contributed by atoms with Crippen LogP contribution in [0.15, 0.2) is 30.1 Å². The summed E-state index contributed by atoms with van der Waals surface area (Å²) in [7, 11) is 3.83. The lowest BCUT2D eigenvalue weighted by Crippen LogP contribution is -2.54. The predicted molar refractivity (Wildman–Crippen MR) is 108 cm³/mol. The number of H-pyrrole nitrogens is 1. The molecule has 4 aliphatic rings. The van der Waals surface area contributed by atoms with Gasteiger partial charge in [0, 0.05) is 17.8 Å². The molecule has 1 unspecified atom stereocenters. The van der Waals surface area contributed by atoms with Crippen LogP contribution in [0, 0.1) is 11.8 Å². The molecule has 4 aliphatic carbocycles. The lowest BCUT2D eigenvalue weighted by atomic mass is 9.57. The van der Waals surface area contributed by atoms with Crippen molar-refractivity contribution < 1.29 is 9.90 Å². The summed E-state index contributed by atoms with van der Waals surface area (Å²) < 4.78 is 0. The number of pyridine rings is 1. The van der Waals surface area contributed by atoms with Crippen molar-refractivity contribution in [1.82, 2.24) is 20.2 Å². The van der Waals surface area contributed by atoms with E-state index in [2.05, 4.69) is 26.7 Å². The van der Waals surface area contributed by atoms with E-state index in [1.54, 1.807) is 6.20 Å². The van der Waals surface area contributed by atoms with Crippen molar-refractivity contribution in [3.8, 4) is 0 Å². The van der Waals surface area contributed by atoms with Gasteiger partial charge >= 0.3 is 0 Å². The van der Waals surface area contributed by atoms with Crippen LogP contribution < -0.4 is 10.6 Å². The first-order valence-corrected chi connectivity index (χ1v) is 10.0. The van der Waals surface area contributed by atoms with Crippen LogP contribution in [-0.2, 0) is 0 Å². The molecule has 0 radical (unpaired) electrons. The van der Waals surface area contributed by atoms with Gasteiger partial charge in [0.15, 0.2) is 0 Å². The minimum Gasteiger partial charge on any atom is -0.390 e. The van der Waals surface area contributed by atoms with Crippen LogP contribution in [-0.4, -0.2) is 58.3 Å². The number of anilines is 1. The molecule has 4 bridgehead atoms. The first-order valence-electron chi connectivity index (χ1n) is 10.0. The van der Waals surface area contributed by atoms with Crippen molar-refractivity contribution >= 4 is 22.6 Å². The van der Waals surface area contributed by atoms with Crippen molar-refractivity contribution in [1.29, 1.82) is 0 Å². The van der Waals surface area contributed by atoms with Crippen LogP contribution in [0.3, 0.4) is 0 Å². The minimum atomic E-state index is -0.524. The van der Waals surface area contributed by atoms with Crippen molar-refractivity contribution in [2.45, 2.75) is 37.3 Å². The molecule has 1 amide bonds. The molecule has 7 heteroatoms. The number of nitrogens with one attached hydrogen (secondary N) is 3. The average molecular weight is 381 g/mol. The van der Waals surface area contributed by atoms with Gasteiger partial charge in [-0.3, -0.25) is 9.69 Å². The van der Waals surface area contributed by atoms with Gasteiger partial charge < -0.3 is 20.7 Å². The molecule has 4 N–H and O–H groups in total. The van der Waals surface area contributed by atoms with Gasteiger partial charge in [-0.25, -0.2) is 4.98 Å². The SMILES string of the molecule is CN(C)CNC(=O)c1cnc2[nH]ccc2c1N[C@@H]1C2=CC3C[C@H]1C[C@](O)(C2)C3. The number of aromatic nitrogens is 2. The van der Waals surface area contributed by atoms with Crippen molar-refractivity contribution in [3.05, 3.63) is 35.7 Å². The second-order valence-electron chi connectivity index (χ2n) is 8.96. The molecule has 0 spiro atoms. The number of hydrogen-bond acceptors (Lipinski definition) is 5. The van der Waals surface area contributed by atoms with Gasteiger partial charge in [0.1, 0.15) is 5.65 Å². The summed E-state index contributed by atoms with van der Waals surface area (Å²) in [5.41, 5.74) is 2.92. The molecule has 0 aliphatic heterocycles. The zero-order valence-electron chi connectivity index (χ0n) is 16.3. The Bertz CT molecular complexity index is 965. The Morgan fingerprint density at radius 1 is 1.43 bits per heavy atom. The standard InChI is InChI=1S/C21H27N5O2/c1-26(2)11-24-20(27)16-10-23-19-15(3-4-22-19)18(16)25-17-13-5-12-6-14(17)9-21(28,7-12)8-13/h3-5,10,12,14,17,28H,6-9,11H2,1-2H3,(H,24,27)(H2,22,23,25)/t12?,14-,17+,21+/m0/s1. The Hall–Kier alpha value is -2.38. The molecule has 28 heavy (non-hydrogen) atoms. The second kappa shape index (κ2) is 6.32. The summed E-state index contributed by atoms with van der Waals surface area (Å²) in [6, 6.07) is 2.13. The maximum absolute atomic E-state index is 12.9. The first-order chi connectivity index (χ1) is 13.4. The highest BCUT2D eigenvalue weighted by Crippen LogP contribution is 2.53. The average Bonchev–Trinajstić information content (AvgIpc) is 3.10. The first kappa shape index (κ1) is 17.7. The summed E-state index contributed by atoms with van der Waals surface area (Å²) in [6.07, 6.45) is 9.42. The van der Waals surface area contributed by atoms with E-state index in [0.29, 0.717) is 24.1 Å². The van der Waals surface area contributed by atoms with Crippen LogP contribution in [0.2, 0.25) is 0 Å². The molecular weight excluding hydrogens is 354 g/mol. The molecule has 0 aromatic carbocycles. The number of fused-ring (bicyclic) bond motifs is 1. The maximum Gasteiger partial charge on any atom is 0.255 e. The third kappa shape index (κ3) is 2.89. The van der Waals surface area contributed by atoms with Crippen molar-refractivity contribution in [3.63, 3.8) is 0 Å². The number of hydrogen-bond donors (Lipinski definition) is 4. The van der Waals surface area contributed by atoms with Gasteiger partial charge in [0.2, 0.25) is 0 Å². The predicted octanol–water partition coefficient (Wildman–Crippen LogP) is 2.08. The topological polar surface area (TPSA) is 93.3 Å². The molecule has 4 atom stereocenters. The van der Waals surface area contributed by atoms with E-state index in [1.807, 2.05) is 31.3 Å². The number of nitrogens with zero attached hydrogens (tertiary/aromatic N) is 2. The van der Waals surface area contributed by atoms with Crippen LogP contribution in [0.1, 0.15) is 36.0 Å². The number of aromatic amines is 1. The summed E-state index contributed by atoms with van der Waals surface area (Å²) in [5.74, 6) is 0.763. The lowest BCUT2D eigenvalue weighted by Gasteiger charge is -2.53. The van der Waals surface area contributed by atoms with Gasteiger partial charge in [0.25, 0.3) is 5.91 Å². The van der Waals surface area contributed by atoms with Gasteiger partial charge in [-0.1, -0.05) is 6.08 Å². The Morgan fingerprint density at radius 2 is 2.29 bits per heavy atom. The number of amides is 1. The largest absolute Gasteiger partial charge is 0.390 e. The fraction of sp³-hybridized carbons (Fsp3) is 0.524. The van der Waals surface area contributed by atoms with E-state index in [-0.39, 0.29) is 11.9 Å². The number of carbonyl (C=O) groups is 1. The molecule has 2 aromatic rings. The van der Waals surface area contributed by atoms with Gasteiger partial charge in [0.05, 0.1) is 29.6 Å². The molecule has 2 fully saturated rings. The lowest BCUT2D eigenvalue weighted by molar-refractivity contribution is -0.0562. The zero-order valence-corrected chi connectivity index (χ0v) is 16.3. The highest BCUT2D eigenvalue weighted by atomic mass is 16.3. The smallest absolute Gasteiger partial charge is 0.255 e. The zero-order chi connectivity index (χ0) is 19.5. The fourth-order valence-corrected chi connectivity index (χ4v) is 5.42. The van der Waals surface area contributed by atoms with Gasteiger partial charge in [-0.05, 0) is 63.3 Å². The van der Waals surface area contributed by atoms with Crippen molar-refractivity contribution in [2.75, 3.05) is 26.1 Å². The number of allylic oxidation sites excluding steroid dienone is 1. The van der Waals surface area contributed by atoms with E-state index in [0.717, 1.165) is 42.4 Å². The van der Waals surface area contributed by atoms with E-state index < -0.39 is 5.60 Å². The van der Waals surface area contributed by atoms with Crippen LogP contribution in [0.4, 0.5) is 5.69 Å². The summed E-state index contributed by atoms with van der Waals surface area (Å²) in [5, 5.41) is 18.4. The molecule has 6 rings (SSSR count). The minimum absolute atomic E-state index is 0.136. The number of rotatable bonds is 5. The van der Waals surface area contributed by atoms with Gasteiger partial charge in [-0.15, -0.1) is 0 Å². The van der Waals surface area contributed by atoms with Crippen LogP contribution >= 0.6 is 0 Å². The molecule has 0 saturated heterocycles. The summed E-state index contributed by atoms with van der Waals surface area (Å²) in [4.78, 5) is 22.3. The van der Waals surface area contributed by atoms with E-state index in [9.17, 15) is 9.90 Å². The van der Waals surface area contributed by atoms with Crippen molar-refractivity contribution in [2.24, 2.45) is 11.8 Å².